The van der Waals surface area contributed by atoms with E-state index in [1.54, 1.807) is 20.2 Å². The molecule has 6 rings (SSSR count). The van der Waals surface area contributed by atoms with Crippen LogP contribution in [0, 0.1) is 26.9 Å². The summed E-state index contributed by atoms with van der Waals surface area (Å²) in [5, 5.41) is 4.71. The number of hydrogen-bond acceptors (Lipinski definition) is 5. The van der Waals surface area contributed by atoms with Gasteiger partial charge in [0.05, 0.1) is 18.1 Å². The van der Waals surface area contributed by atoms with Gasteiger partial charge >= 0.3 is 0 Å². The third-order valence-corrected chi connectivity index (χ3v) is 8.35. The highest BCUT2D eigenvalue weighted by atomic mass is 16.5. The van der Waals surface area contributed by atoms with Crippen molar-refractivity contribution < 1.29 is 9.53 Å². The minimum Gasteiger partial charge on any atom is -0.497 e. The first-order chi connectivity index (χ1) is 22.4. The second-order valence-electron chi connectivity index (χ2n) is 11.3. The minimum atomic E-state index is -0.363. The molecule has 0 spiro atoms. The Balaban J connectivity index is 1.33. The first kappa shape index (κ1) is 30.9. The first-order valence-electron chi connectivity index (χ1n) is 15.3. The van der Waals surface area contributed by atoms with Crippen molar-refractivity contribution in [3.63, 3.8) is 0 Å². The van der Waals surface area contributed by atoms with E-state index >= 15 is 0 Å². The van der Waals surface area contributed by atoms with Gasteiger partial charge < -0.3 is 30.2 Å². The van der Waals surface area contributed by atoms with Gasteiger partial charge in [-0.15, -0.1) is 0 Å². The van der Waals surface area contributed by atoms with Gasteiger partial charge in [-0.1, -0.05) is 24.3 Å². The molecule has 0 fully saturated rings. The van der Waals surface area contributed by atoms with Crippen LogP contribution in [0.3, 0.4) is 0 Å². The number of hydrogen-bond donors (Lipinski definition) is 3. The Morgan fingerprint density at radius 2 is 1.76 bits per heavy atom. The van der Waals surface area contributed by atoms with E-state index in [1.165, 1.54) is 5.56 Å². The SMILES string of the molecule is [CH2][CH]N([CH][CH2])c1ccc(-c2nc3cc(C(CC(N)=O)NCc4ccc5[nH]ccc5c4)ccc3n2CCc2ccc(OC)cc2)cc1. The van der Waals surface area contributed by atoms with Crippen LogP contribution in [-0.2, 0) is 24.3 Å². The molecule has 0 aliphatic heterocycles. The van der Waals surface area contributed by atoms with E-state index in [0.29, 0.717) is 6.54 Å². The summed E-state index contributed by atoms with van der Waals surface area (Å²) >= 11 is 0. The number of fused-ring (bicyclic) bond motifs is 2. The van der Waals surface area contributed by atoms with Crippen LogP contribution in [0.5, 0.6) is 5.75 Å². The molecule has 8 heteroatoms. The summed E-state index contributed by atoms with van der Waals surface area (Å²) in [7, 11) is 1.67. The molecule has 4 N–H and O–H groups in total. The second kappa shape index (κ2) is 13.9. The van der Waals surface area contributed by atoms with E-state index in [2.05, 4.69) is 95.4 Å². The zero-order valence-corrected chi connectivity index (χ0v) is 25.9. The maximum atomic E-state index is 12.2. The standard InChI is InChI=1S/C38H38N6O2/c1-4-43(5-2)31-12-9-28(10-13-31)38-42-35-23-29(11-17-36(35)44(38)21-19-26-6-14-32(46-3)15-7-26)34(24-37(39)45)41-25-27-8-16-33-30(22-27)18-20-40-33/h4-18,20,22-23,34,40-41H,1-2,19,21,24-25H2,3H3,(H2,39,45). The molecule has 0 saturated heterocycles. The number of amides is 1. The number of benzene rings is 4. The number of nitrogens with one attached hydrogen (secondary N) is 2. The number of ether oxygens (including phenoxy) is 1. The number of H-pyrrole nitrogens is 1. The predicted octanol–water partition coefficient (Wildman–Crippen LogP) is 6.94. The van der Waals surface area contributed by atoms with Crippen LogP contribution in [-0.4, -0.2) is 27.6 Å². The van der Waals surface area contributed by atoms with Crippen LogP contribution in [0.15, 0.2) is 97.2 Å². The summed E-state index contributed by atoms with van der Waals surface area (Å²) in [6, 6.07) is 30.7. The van der Waals surface area contributed by atoms with Gasteiger partial charge in [-0.25, -0.2) is 4.98 Å². The molecular weight excluding hydrogens is 572 g/mol. The fourth-order valence-corrected chi connectivity index (χ4v) is 5.87. The Bertz CT molecular complexity index is 1920. The number of nitrogens with zero attached hydrogens (tertiary/aromatic N) is 3. The van der Waals surface area contributed by atoms with Gasteiger partial charge in [0, 0.05) is 61.6 Å². The fourth-order valence-electron chi connectivity index (χ4n) is 5.87. The third kappa shape index (κ3) is 6.77. The summed E-state index contributed by atoms with van der Waals surface area (Å²) in [6.07, 6.45) is 2.93. The van der Waals surface area contributed by atoms with Gasteiger partial charge in [-0.2, -0.15) is 0 Å². The molecule has 46 heavy (non-hydrogen) atoms. The Morgan fingerprint density at radius 1 is 1.00 bits per heavy atom. The lowest BCUT2D eigenvalue weighted by atomic mass is 10.0. The van der Waals surface area contributed by atoms with E-state index in [9.17, 15) is 4.79 Å². The molecule has 4 radical (unpaired) electrons. The Kier molecular flexibility index (Phi) is 9.36. The molecule has 0 bridgehead atoms. The Hall–Kier alpha value is -5.08. The summed E-state index contributed by atoms with van der Waals surface area (Å²) < 4.78 is 7.60. The molecule has 2 heterocycles. The highest BCUT2D eigenvalue weighted by Crippen LogP contribution is 2.30. The zero-order chi connectivity index (χ0) is 32.0. The summed E-state index contributed by atoms with van der Waals surface area (Å²) in [4.78, 5) is 22.4. The average molecular weight is 611 g/mol. The van der Waals surface area contributed by atoms with Gasteiger partial charge in [0.15, 0.2) is 0 Å². The summed E-state index contributed by atoms with van der Waals surface area (Å²) in [5.41, 5.74) is 13.9. The summed E-state index contributed by atoms with van der Waals surface area (Å²) in [5.74, 6) is 1.34. The number of rotatable bonds is 14. The second-order valence-corrected chi connectivity index (χ2v) is 11.3. The van der Waals surface area contributed by atoms with Crippen molar-refractivity contribution in [3.8, 4) is 17.1 Å². The van der Waals surface area contributed by atoms with Gasteiger partial charge in [-0.3, -0.25) is 4.79 Å². The lowest BCUT2D eigenvalue weighted by Crippen LogP contribution is -2.26. The highest BCUT2D eigenvalue weighted by molar-refractivity contribution is 5.83. The van der Waals surface area contributed by atoms with E-state index in [1.807, 2.05) is 35.4 Å². The van der Waals surface area contributed by atoms with Gasteiger partial charge in [0.1, 0.15) is 11.6 Å². The van der Waals surface area contributed by atoms with Gasteiger partial charge in [-0.05, 0) is 109 Å². The molecule has 1 unspecified atom stereocenters. The van der Waals surface area contributed by atoms with Crippen molar-refractivity contribution >= 4 is 33.5 Å². The number of imidazole rings is 1. The normalized spacial score (nSPS) is 12.1. The molecule has 4 aromatic carbocycles. The monoisotopic (exact) mass is 610 g/mol. The van der Waals surface area contributed by atoms with E-state index in [4.69, 9.17) is 15.5 Å². The number of aromatic nitrogens is 3. The molecule has 0 aliphatic carbocycles. The lowest BCUT2D eigenvalue weighted by Gasteiger charge is -2.20. The maximum Gasteiger partial charge on any atom is 0.219 e. The predicted molar refractivity (Wildman–Crippen MR) is 185 cm³/mol. The first-order valence-corrected chi connectivity index (χ1v) is 15.3. The van der Waals surface area contributed by atoms with E-state index in [-0.39, 0.29) is 18.4 Å². The minimum absolute atomic E-state index is 0.174. The number of carbonyl (C=O) groups excluding carboxylic acids is 1. The van der Waals surface area contributed by atoms with Crippen LogP contribution in [0.2, 0.25) is 0 Å². The van der Waals surface area contributed by atoms with E-state index < -0.39 is 0 Å². The molecule has 0 aliphatic rings. The number of carbonyl (C=O) groups is 1. The smallest absolute Gasteiger partial charge is 0.219 e. The molecule has 1 atom stereocenters. The number of nitrogens with two attached hydrogens (primary N) is 1. The van der Waals surface area contributed by atoms with Crippen molar-refractivity contribution in [1.82, 2.24) is 19.9 Å². The van der Waals surface area contributed by atoms with E-state index in [0.717, 1.165) is 68.9 Å². The molecule has 8 nitrogen and oxygen atoms in total. The quantitative estimate of drug-likeness (QED) is 0.124. The Morgan fingerprint density at radius 3 is 2.48 bits per heavy atom. The molecule has 6 aromatic rings. The number of anilines is 1. The fraction of sp³-hybridized carbons (Fsp3) is 0.158. The van der Waals surface area contributed by atoms with Crippen LogP contribution in [0.1, 0.15) is 29.2 Å². The third-order valence-electron chi connectivity index (χ3n) is 8.35. The molecule has 2 aromatic heterocycles. The molecular formula is C38H38N6O2. The van der Waals surface area contributed by atoms with Crippen LogP contribution < -0.4 is 20.7 Å². The van der Waals surface area contributed by atoms with Crippen molar-refractivity contribution in [2.24, 2.45) is 5.73 Å². The van der Waals surface area contributed by atoms with Crippen molar-refractivity contribution in [1.29, 1.82) is 0 Å². The molecule has 232 valence electrons. The maximum absolute atomic E-state index is 12.2. The topological polar surface area (TPSA) is 101 Å². The van der Waals surface area contributed by atoms with Crippen LogP contribution >= 0.6 is 0 Å². The molecule has 0 saturated carbocycles. The largest absolute Gasteiger partial charge is 0.497 e. The Labute approximate surface area is 270 Å². The number of aromatic amines is 1. The number of aryl methyl sites for hydroxylation is 2. The van der Waals surface area contributed by atoms with Crippen molar-refractivity contribution in [2.75, 3.05) is 12.0 Å². The highest BCUT2D eigenvalue weighted by Gasteiger charge is 2.19. The lowest BCUT2D eigenvalue weighted by molar-refractivity contribution is -0.118. The number of methoxy groups -OCH3 is 1. The zero-order valence-electron chi connectivity index (χ0n) is 25.9. The summed E-state index contributed by atoms with van der Waals surface area (Å²) in [6.45, 7) is 12.5. The average Bonchev–Trinajstić information content (AvgIpc) is 3.70. The van der Waals surface area contributed by atoms with Crippen molar-refractivity contribution in [2.45, 2.75) is 32.0 Å². The van der Waals surface area contributed by atoms with Gasteiger partial charge in [0.2, 0.25) is 5.91 Å². The van der Waals surface area contributed by atoms with Crippen LogP contribution in [0.25, 0.3) is 33.3 Å². The van der Waals surface area contributed by atoms with Crippen molar-refractivity contribution in [3.05, 3.63) is 141 Å². The van der Waals surface area contributed by atoms with Crippen LogP contribution in [0.4, 0.5) is 5.69 Å². The van der Waals surface area contributed by atoms with Gasteiger partial charge in [0.25, 0.3) is 0 Å². The molecule has 1 amide bonds. The number of primary amides is 1.